The van der Waals surface area contributed by atoms with Crippen molar-refractivity contribution in [1.29, 1.82) is 0 Å². The number of nitrogens with zero attached hydrogens (tertiary/aromatic N) is 4. The topological polar surface area (TPSA) is 43.6 Å². The molecular weight excluding hydrogens is 280 g/mol. The fraction of sp³-hybridized carbons (Fsp3) is 0.0833. The third-order valence-electron chi connectivity index (χ3n) is 2.55. The Kier molecular flexibility index (Phi) is 2.60. The number of fused-ring (bicyclic) bond motifs is 1. The van der Waals surface area contributed by atoms with Crippen molar-refractivity contribution in [3.8, 4) is 0 Å². The molecule has 0 aliphatic carbocycles. The molecule has 0 aliphatic heterocycles. The number of benzene rings is 1. The van der Waals surface area contributed by atoms with Gasteiger partial charge in [0, 0.05) is 21.6 Å². The van der Waals surface area contributed by atoms with E-state index < -0.39 is 0 Å². The number of hydrogen-bond donors (Lipinski definition) is 0. The monoisotopic (exact) mass is 288 g/mol. The smallest absolute Gasteiger partial charge is 0.137 e. The molecule has 84 valence electrons. The Bertz CT molecular complexity index is 649. The van der Waals surface area contributed by atoms with Gasteiger partial charge in [-0.2, -0.15) is 5.10 Å². The molecular formula is C12H9BrN4. The molecule has 0 atom stereocenters. The van der Waals surface area contributed by atoms with Gasteiger partial charge in [0.05, 0.1) is 12.1 Å². The minimum Gasteiger partial charge on any atom is -0.256 e. The largest absolute Gasteiger partial charge is 0.256 e. The van der Waals surface area contributed by atoms with Gasteiger partial charge in [-0.1, -0.05) is 22.0 Å². The zero-order chi connectivity index (χ0) is 11.7. The van der Waals surface area contributed by atoms with E-state index in [2.05, 4.69) is 49.2 Å². The molecule has 0 spiro atoms. The van der Waals surface area contributed by atoms with Crippen LogP contribution in [0.2, 0.25) is 0 Å². The second kappa shape index (κ2) is 4.25. The summed E-state index contributed by atoms with van der Waals surface area (Å²) in [5, 5.41) is 5.23. The first kappa shape index (κ1) is 10.4. The minimum absolute atomic E-state index is 0.674. The summed E-state index contributed by atoms with van der Waals surface area (Å²) >= 11 is 3.51. The van der Waals surface area contributed by atoms with Gasteiger partial charge in [0.25, 0.3) is 0 Å². The first-order valence-electron chi connectivity index (χ1n) is 5.18. The van der Waals surface area contributed by atoms with Crippen LogP contribution in [-0.2, 0) is 6.54 Å². The van der Waals surface area contributed by atoms with Crippen LogP contribution in [0.1, 0.15) is 5.56 Å². The van der Waals surface area contributed by atoms with Crippen molar-refractivity contribution in [2.24, 2.45) is 0 Å². The van der Waals surface area contributed by atoms with Gasteiger partial charge >= 0.3 is 0 Å². The Balaban J connectivity index is 2.14. The molecule has 17 heavy (non-hydrogen) atoms. The highest BCUT2D eigenvalue weighted by atomic mass is 79.9. The number of rotatable bonds is 2. The van der Waals surface area contributed by atoms with Crippen LogP contribution < -0.4 is 0 Å². The first-order chi connectivity index (χ1) is 8.33. The quantitative estimate of drug-likeness (QED) is 0.728. The second-order valence-electron chi connectivity index (χ2n) is 3.73. The third-order valence-corrected chi connectivity index (χ3v) is 3.01. The highest BCUT2D eigenvalue weighted by Crippen LogP contribution is 2.23. The van der Waals surface area contributed by atoms with E-state index in [1.165, 1.54) is 6.33 Å². The van der Waals surface area contributed by atoms with Crippen LogP contribution in [0.4, 0.5) is 0 Å². The maximum Gasteiger partial charge on any atom is 0.137 e. The molecule has 2 heterocycles. The van der Waals surface area contributed by atoms with Crippen LogP contribution in [0.3, 0.4) is 0 Å². The number of aromatic nitrogens is 4. The Morgan fingerprint density at radius 3 is 3.06 bits per heavy atom. The van der Waals surface area contributed by atoms with E-state index in [4.69, 9.17) is 0 Å². The highest BCUT2D eigenvalue weighted by Gasteiger charge is 2.05. The van der Waals surface area contributed by atoms with E-state index in [9.17, 15) is 0 Å². The standard InChI is InChI=1S/C12H9BrN4/c13-11-4-9-2-1-3-15-12(9)10(5-11)6-17-8-14-7-16-17/h1-5,7-8H,6H2. The molecule has 4 nitrogen and oxygen atoms in total. The summed E-state index contributed by atoms with van der Waals surface area (Å²) in [6, 6.07) is 8.12. The van der Waals surface area contributed by atoms with Gasteiger partial charge in [0.15, 0.2) is 0 Å². The van der Waals surface area contributed by atoms with Gasteiger partial charge in [-0.15, -0.1) is 0 Å². The molecule has 1 aromatic carbocycles. The molecule has 5 heteroatoms. The number of hydrogen-bond acceptors (Lipinski definition) is 3. The van der Waals surface area contributed by atoms with Crippen molar-refractivity contribution < 1.29 is 0 Å². The van der Waals surface area contributed by atoms with Gasteiger partial charge in [-0.05, 0) is 18.2 Å². The van der Waals surface area contributed by atoms with Gasteiger partial charge < -0.3 is 0 Å². The van der Waals surface area contributed by atoms with E-state index in [0.717, 1.165) is 20.9 Å². The molecule has 2 aromatic heterocycles. The molecule has 3 rings (SSSR count). The summed E-state index contributed by atoms with van der Waals surface area (Å²) in [6.07, 6.45) is 5.05. The molecule has 0 amide bonds. The fourth-order valence-corrected chi connectivity index (χ4v) is 2.36. The van der Waals surface area contributed by atoms with Gasteiger partial charge in [0.2, 0.25) is 0 Å². The fourth-order valence-electron chi connectivity index (χ4n) is 1.84. The number of pyridine rings is 1. The van der Waals surface area contributed by atoms with Crippen LogP contribution in [-0.4, -0.2) is 19.7 Å². The van der Waals surface area contributed by atoms with E-state index in [1.807, 2.05) is 6.07 Å². The third kappa shape index (κ3) is 2.06. The highest BCUT2D eigenvalue weighted by molar-refractivity contribution is 9.10. The van der Waals surface area contributed by atoms with Crippen LogP contribution in [0, 0.1) is 0 Å². The van der Waals surface area contributed by atoms with Crippen LogP contribution >= 0.6 is 15.9 Å². The molecule has 0 fully saturated rings. The summed E-state index contributed by atoms with van der Waals surface area (Å²) in [5.74, 6) is 0. The van der Waals surface area contributed by atoms with Crippen molar-refractivity contribution in [2.75, 3.05) is 0 Å². The molecule has 0 unspecified atom stereocenters. The van der Waals surface area contributed by atoms with Crippen LogP contribution in [0.5, 0.6) is 0 Å². The Morgan fingerprint density at radius 2 is 2.24 bits per heavy atom. The maximum absolute atomic E-state index is 4.42. The summed E-state index contributed by atoms with van der Waals surface area (Å²) in [7, 11) is 0. The Hall–Kier alpha value is -1.75. The zero-order valence-corrected chi connectivity index (χ0v) is 10.5. The van der Waals surface area contributed by atoms with Crippen molar-refractivity contribution in [1.82, 2.24) is 19.7 Å². The molecule has 0 saturated carbocycles. The van der Waals surface area contributed by atoms with Crippen LogP contribution in [0.25, 0.3) is 10.9 Å². The maximum atomic E-state index is 4.42. The van der Waals surface area contributed by atoms with Crippen molar-refractivity contribution in [2.45, 2.75) is 6.54 Å². The van der Waals surface area contributed by atoms with Gasteiger partial charge in [-0.3, -0.25) is 4.98 Å². The normalized spacial score (nSPS) is 10.9. The van der Waals surface area contributed by atoms with E-state index in [0.29, 0.717) is 6.54 Å². The molecule has 0 bridgehead atoms. The summed E-state index contributed by atoms with van der Waals surface area (Å²) in [5.41, 5.74) is 2.13. The molecule has 0 aliphatic rings. The minimum atomic E-state index is 0.674. The Morgan fingerprint density at radius 1 is 1.29 bits per heavy atom. The van der Waals surface area contributed by atoms with Gasteiger partial charge in [0.1, 0.15) is 12.7 Å². The SMILES string of the molecule is Brc1cc(Cn2cncn2)c2ncccc2c1. The molecule has 3 aromatic rings. The lowest BCUT2D eigenvalue weighted by molar-refractivity contribution is 0.687. The predicted octanol–water partition coefficient (Wildman–Crippen LogP) is 2.64. The van der Waals surface area contributed by atoms with Crippen molar-refractivity contribution >= 4 is 26.8 Å². The molecule has 0 radical (unpaired) electrons. The average molecular weight is 289 g/mol. The van der Waals surface area contributed by atoms with E-state index in [-0.39, 0.29) is 0 Å². The summed E-state index contributed by atoms with van der Waals surface area (Å²) in [4.78, 5) is 8.36. The van der Waals surface area contributed by atoms with E-state index in [1.54, 1.807) is 17.2 Å². The Labute approximate surface area is 106 Å². The molecule has 0 N–H and O–H groups in total. The summed E-state index contributed by atoms with van der Waals surface area (Å²) in [6.45, 7) is 0.674. The summed E-state index contributed by atoms with van der Waals surface area (Å²) < 4.78 is 2.84. The lowest BCUT2D eigenvalue weighted by Gasteiger charge is -2.06. The zero-order valence-electron chi connectivity index (χ0n) is 8.92. The van der Waals surface area contributed by atoms with Crippen molar-refractivity contribution in [3.05, 3.63) is 53.2 Å². The lowest BCUT2D eigenvalue weighted by Crippen LogP contribution is -2.01. The van der Waals surface area contributed by atoms with E-state index >= 15 is 0 Å². The molecule has 0 saturated heterocycles. The van der Waals surface area contributed by atoms with Crippen molar-refractivity contribution in [3.63, 3.8) is 0 Å². The second-order valence-corrected chi connectivity index (χ2v) is 4.65. The van der Waals surface area contributed by atoms with Crippen LogP contribution in [0.15, 0.2) is 47.6 Å². The first-order valence-corrected chi connectivity index (χ1v) is 5.98. The average Bonchev–Trinajstić information content (AvgIpc) is 2.81. The lowest BCUT2D eigenvalue weighted by atomic mass is 10.1. The predicted molar refractivity (Wildman–Crippen MR) is 68.6 cm³/mol. The van der Waals surface area contributed by atoms with Gasteiger partial charge in [-0.25, -0.2) is 9.67 Å². The number of halogens is 1.